The molecule has 0 spiro atoms. The van der Waals surface area contributed by atoms with Gasteiger partial charge in [-0.3, -0.25) is 4.79 Å². The Morgan fingerprint density at radius 3 is 2.00 bits per heavy atom. The number of methoxy groups -OCH3 is 6. The van der Waals surface area contributed by atoms with E-state index in [1.165, 1.54) is 14.2 Å². The molecule has 0 bridgehead atoms. The highest BCUT2D eigenvalue weighted by molar-refractivity contribution is 5.91. The summed E-state index contributed by atoms with van der Waals surface area (Å²) in [7, 11) is 9.10. The van der Waals surface area contributed by atoms with E-state index in [0.29, 0.717) is 46.5 Å². The highest BCUT2D eigenvalue weighted by Gasteiger charge is 2.23. The van der Waals surface area contributed by atoms with Crippen LogP contribution in [-0.2, 0) is 27.2 Å². The number of carbonyl (C=O) groups excluding carboxylic acids is 2. The molecule has 1 aromatic heterocycles. The van der Waals surface area contributed by atoms with E-state index in [9.17, 15) is 9.59 Å². The molecular weight excluding hydrogens is 542 g/mol. The van der Waals surface area contributed by atoms with E-state index in [1.807, 2.05) is 42.5 Å². The minimum atomic E-state index is -0.873. The number of nitrogens with one attached hydrogen (secondary N) is 1. The van der Waals surface area contributed by atoms with Gasteiger partial charge in [0.2, 0.25) is 5.91 Å². The molecule has 4 rings (SSSR count). The standard InChI is InChI=1S/C32H35NO9/c1-36-24-11-7-19(16-28(24)39-4)15-23(32(35)41-6)33-30(34)14-10-20-8-13-26(38-3)31-22(20)18-27(42-31)21-9-12-25(37-2)29(17-21)40-5/h7-9,11-13,16-18,23H,10,14-15H2,1-6H3,(H,33,34)/t23-/m1/s1. The Hall–Kier alpha value is -4.86. The Kier molecular flexibility index (Phi) is 9.80. The van der Waals surface area contributed by atoms with Crippen LogP contribution in [0.15, 0.2) is 59.0 Å². The van der Waals surface area contributed by atoms with E-state index in [2.05, 4.69) is 5.32 Å². The van der Waals surface area contributed by atoms with Crippen LogP contribution in [0.3, 0.4) is 0 Å². The van der Waals surface area contributed by atoms with E-state index >= 15 is 0 Å². The molecule has 0 aliphatic carbocycles. The van der Waals surface area contributed by atoms with Crippen molar-refractivity contribution in [3.05, 3.63) is 65.7 Å². The number of aryl methyl sites for hydroxylation is 1. The van der Waals surface area contributed by atoms with Crippen molar-refractivity contribution < 1.29 is 42.4 Å². The van der Waals surface area contributed by atoms with Crippen molar-refractivity contribution in [1.29, 1.82) is 0 Å². The fourth-order valence-electron chi connectivity index (χ4n) is 4.76. The highest BCUT2D eigenvalue weighted by atomic mass is 16.5. The molecule has 42 heavy (non-hydrogen) atoms. The van der Waals surface area contributed by atoms with Crippen LogP contribution in [0, 0.1) is 0 Å². The minimum absolute atomic E-state index is 0.137. The fourth-order valence-corrected chi connectivity index (χ4v) is 4.76. The van der Waals surface area contributed by atoms with Crippen molar-refractivity contribution in [2.45, 2.75) is 25.3 Å². The van der Waals surface area contributed by atoms with E-state index in [4.69, 9.17) is 32.8 Å². The largest absolute Gasteiger partial charge is 0.493 e. The van der Waals surface area contributed by atoms with Gasteiger partial charge in [-0.2, -0.15) is 0 Å². The Bertz CT molecular complexity index is 1560. The molecule has 1 heterocycles. The Morgan fingerprint density at radius 2 is 1.36 bits per heavy atom. The highest BCUT2D eigenvalue weighted by Crippen LogP contribution is 2.38. The molecule has 0 radical (unpaired) electrons. The van der Waals surface area contributed by atoms with Crippen molar-refractivity contribution in [1.82, 2.24) is 5.32 Å². The van der Waals surface area contributed by atoms with Gasteiger partial charge in [0, 0.05) is 23.8 Å². The van der Waals surface area contributed by atoms with Crippen LogP contribution in [0.25, 0.3) is 22.3 Å². The van der Waals surface area contributed by atoms with Gasteiger partial charge >= 0.3 is 5.97 Å². The molecule has 1 amide bonds. The number of benzene rings is 3. The summed E-state index contributed by atoms with van der Waals surface area (Å²) >= 11 is 0. The average Bonchev–Trinajstić information content (AvgIpc) is 3.48. The van der Waals surface area contributed by atoms with Gasteiger partial charge in [0.15, 0.2) is 34.3 Å². The number of amides is 1. The number of ether oxygens (including phenoxy) is 6. The summed E-state index contributed by atoms with van der Waals surface area (Å²) in [6.45, 7) is 0. The first-order chi connectivity index (χ1) is 20.3. The smallest absolute Gasteiger partial charge is 0.328 e. The lowest BCUT2D eigenvalue weighted by molar-refractivity contribution is -0.145. The maximum Gasteiger partial charge on any atom is 0.328 e. The number of hydrogen-bond donors (Lipinski definition) is 1. The first-order valence-electron chi connectivity index (χ1n) is 13.3. The molecule has 1 N–H and O–H groups in total. The van der Waals surface area contributed by atoms with E-state index in [0.717, 1.165) is 22.1 Å². The van der Waals surface area contributed by atoms with Gasteiger partial charge in [-0.1, -0.05) is 12.1 Å². The topological polar surface area (TPSA) is 115 Å². The summed E-state index contributed by atoms with van der Waals surface area (Å²) in [6.07, 6.45) is 0.765. The number of carbonyl (C=O) groups is 2. The Balaban J connectivity index is 1.53. The lowest BCUT2D eigenvalue weighted by atomic mass is 10.0. The second kappa shape index (κ2) is 13.7. The normalized spacial score (nSPS) is 11.5. The minimum Gasteiger partial charge on any atom is -0.493 e. The molecule has 0 unspecified atom stereocenters. The summed E-state index contributed by atoms with van der Waals surface area (Å²) in [5.41, 5.74) is 3.04. The summed E-state index contributed by atoms with van der Waals surface area (Å²) in [4.78, 5) is 25.6. The van der Waals surface area contributed by atoms with Crippen molar-refractivity contribution in [3.63, 3.8) is 0 Å². The molecule has 4 aromatic rings. The van der Waals surface area contributed by atoms with Crippen molar-refractivity contribution in [3.8, 4) is 40.1 Å². The number of hydrogen-bond acceptors (Lipinski definition) is 9. The molecule has 3 aromatic carbocycles. The third-order valence-electron chi connectivity index (χ3n) is 6.96. The summed E-state index contributed by atoms with van der Waals surface area (Å²) < 4.78 is 38.1. The Labute approximate surface area is 244 Å². The van der Waals surface area contributed by atoms with Gasteiger partial charge in [0.25, 0.3) is 0 Å². The number of fused-ring (bicyclic) bond motifs is 1. The SMILES string of the molecule is COC(=O)[C@@H](Cc1ccc(OC)c(OC)c1)NC(=O)CCc1ccc(OC)c2oc(-c3ccc(OC)c(OC)c3)cc12. The van der Waals surface area contributed by atoms with Gasteiger partial charge in [-0.15, -0.1) is 0 Å². The van der Waals surface area contributed by atoms with Crippen LogP contribution in [0.1, 0.15) is 17.5 Å². The second-order valence-corrected chi connectivity index (χ2v) is 9.39. The lowest BCUT2D eigenvalue weighted by Crippen LogP contribution is -2.43. The first-order valence-corrected chi connectivity index (χ1v) is 13.3. The average molecular weight is 578 g/mol. The molecule has 1 atom stereocenters. The molecule has 10 heteroatoms. The molecule has 0 saturated heterocycles. The van der Waals surface area contributed by atoms with Crippen LogP contribution in [0.4, 0.5) is 0 Å². The van der Waals surface area contributed by atoms with Gasteiger partial charge in [0.1, 0.15) is 11.8 Å². The van der Waals surface area contributed by atoms with Crippen LogP contribution in [0.2, 0.25) is 0 Å². The van der Waals surface area contributed by atoms with Crippen molar-refractivity contribution in [2.24, 2.45) is 0 Å². The van der Waals surface area contributed by atoms with E-state index in [-0.39, 0.29) is 18.7 Å². The number of furan rings is 1. The summed E-state index contributed by atoms with van der Waals surface area (Å²) in [6, 6.07) is 15.6. The van der Waals surface area contributed by atoms with Gasteiger partial charge < -0.3 is 38.2 Å². The number of rotatable bonds is 13. The van der Waals surface area contributed by atoms with Gasteiger partial charge in [-0.25, -0.2) is 4.79 Å². The fraction of sp³-hybridized carbons (Fsp3) is 0.312. The first kappa shape index (κ1) is 30.1. The summed E-state index contributed by atoms with van der Waals surface area (Å²) in [5, 5.41) is 3.64. The molecule has 10 nitrogen and oxygen atoms in total. The van der Waals surface area contributed by atoms with Crippen molar-refractivity contribution in [2.75, 3.05) is 42.7 Å². The van der Waals surface area contributed by atoms with E-state index < -0.39 is 12.0 Å². The van der Waals surface area contributed by atoms with E-state index in [1.54, 1.807) is 40.6 Å². The second-order valence-electron chi connectivity index (χ2n) is 9.39. The number of esters is 1. The zero-order valence-corrected chi connectivity index (χ0v) is 24.6. The van der Waals surface area contributed by atoms with Crippen LogP contribution >= 0.6 is 0 Å². The lowest BCUT2D eigenvalue weighted by Gasteiger charge is -2.18. The molecule has 0 aliphatic rings. The molecular formula is C32H35NO9. The third-order valence-corrected chi connectivity index (χ3v) is 6.96. The maximum absolute atomic E-state index is 13.0. The molecule has 0 saturated carbocycles. The van der Waals surface area contributed by atoms with Crippen LogP contribution < -0.4 is 29.0 Å². The maximum atomic E-state index is 13.0. The quantitative estimate of drug-likeness (QED) is 0.220. The molecule has 0 aliphatic heterocycles. The van der Waals surface area contributed by atoms with Gasteiger partial charge in [0.05, 0.1) is 42.7 Å². The third kappa shape index (κ3) is 6.54. The predicted octanol–water partition coefficient (Wildman–Crippen LogP) is 4.98. The zero-order valence-electron chi connectivity index (χ0n) is 24.6. The summed E-state index contributed by atoms with van der Waals surface area (Å²) in [5.74, 6) is 2.64. The van der Waals surface area contributed by atoms with Crippen LogP contribution in [0.5, 0.6) is 28.7 Å². The molecule has 0 fully saturated rings. The zero-order chi connectivity index (χ0) is 30.2. The molecule has 222 valence electrons. The predicted molar refractivity (Wildman–Crippen MR) is 157 cm³/mol. The monoisotopic (exact) mass is 577 g/mol. The van der Waals surface area contributed by atoms with Crippen LogP contribution in [-0.4, -0.2) is 60.6 Å². The Morgan fingerprint density at radius 1 is 0.738 bits per heavy atom. The van der Waals surface area contributed by atoms with Crippen molar-refractivity contribution >= 4 is 22.8 Å². The van der Waals surface area contributed by atoms with Gasteiger partial charge in [-0.05, 0) is 60.0 Å².